The van der Waals surface area contributed by atoms with Gasteiger partial charge in [0.2, 0.25) is 15.9 Å². The van der Waals surface area contributed by atoms with Crippen molar-refractivity contribution in [3.05, 3.63) is 0 Å². The number of Topliss-reactive ketones (excluding diaryl/α,β-unsaturated/α-hetero) is 1. The monoisotopic (exact) mass is 320 g/mol. The smallest absolute Gasteiger partial charge is 0.235 e. The van der Waals surface area contributed by atoms with Gasteiger partial charge in [0.25, 0.3) is 0 Å². The molecule has 0 rings (SSSR count). The van der Waals surface area contributed by atoms with Crippen molar-refractivity contribution in [2.45, 2.75) is 46.5 Å². The molecule has 0 aromatic heterocycles. The number of ketones is 1. The summed E-state index contributed by atoms with van der Waals surface area (Å²) < 4.78 is 25.4. The summed E-state index contributed by atoms with van der Waals surface area (Å²) >= 11 is 0. The molecule has 0 spiro atoms. The Labute approximate surface area is 128 Å². The van der Waals surface area contributed by atoms with Crippen molar-refractivity contribution in [2.75, 3.05) is 25.9 Å². The molecule has 0 fully saturated rings. The maximum Gasteiger partial charge on any atom is 0.235 e. The minimum atomic E-state index is -3.53. The number of rotatable bonds is 11. The van der Waals surface area contributed by atoms with Crippen LogP contribution < -0.4 is 4.72 Å². The van der Waals surface area contributed by atoms with Gasteiger partial charge in [-0.2, -0.15) is 0 Å². The lowest BCUT2D eigenvalue weighted by molar-refractivity contribution is -0.122. The van der Waals surface area contributed by atoms with Gasteiger partial charge in [-0.3, -0.25) is 9.52 Å². The summed E-state index contributed by atoms with van der Waals surface area (Å²) in [6.45, 7) is 6.38. The first-order valence-electron chi connectivity index (χ1n) is 7.36. The van der Waals surface area contributed by atoms with Gasteiger partial charge in [0.15, 0.2) is 0 Å². The SMILES string of the molecule is CC(=O)CCCCN(C)CCCS(=O)(=O)NC(=O)C(C)C. The number of carbonyl (C=O) groups is 2. The lowest BCUT2D eigenvalue weighted by Gasteiger charge is -2.16. The van der Waals surface area contributed by atoms with E-state index in [1.54, 1.807) is 20.8 Å². The molecule has 0 saturated carbocycles. The number of sulfonamides is 1. The number of nitrogens with zero attached hydrogens (tertiary/aromatic N) is 1. The lowest BCUT2D eigenvalue weighted by Crippen LogP contribution is -2.36. The summed E-state index contributed by atoms with van der Waals surface area (Å²) in [7, 11) is -1.61. The van der Waals surface area contributed by atoms with E-state index < -0.39 is 15.9 Å². The molecule has 0 saturated heterocycles. The van der Waals surface area contributed by atoms with Crippen LogP contribution in [0.4, 0.5) is 0 Å². The number of amides is 1. The van der Waals surface area contributed by atoms with E-state index in [1.165, 1.54) is 0 Å². The molecule has 0 aliphatic carbocycles. The summed E-state index contributed by atoms with van der Waals surface area (Å²) in [5.41, 5.74) is 0. The van der Waals surface area contributed by atoms with Crippen LogP contribution in [0.15, 0.2) is 0 Å². The number of hydrogen-bond donors (Lipinski definition) is 1. The van der Waals surface area contributed by atoms with E-state index in [4.69, 9.17) is 0 Å². The Bertz CT molecular complexity index is 432. The third-order valence-electron chi connectivity index (χ3n) is 3.05. The number of hydrogen-bond acceptors (Lipinski definition) is 5. The maximum atomic E-state index is 11.7. The van der Waals surface area contributed by atoms with Crippen molar-refractivity contribution in [3.8, 4) is 0 Å². The van der Waals surface area contributed by atoms with Gasteiger partial charge < -0.3 is 9.69 Å². The molecule has 1 N–H and O–H groups in total. The topological polar surface area (TPSA) is 83.6 Å². The summed E-state index contributed by atoms with van der Waals surface area (Å²) in [5, 5.41) is 0. The standard InChI is InChI=1S/C14H28N2O4S/c1-12(2)14(18)15-21(19,20)11-7-10-16(4)9-6-5-8-13(3)17/h12H,5-11H2,1-4H3,(H,15,18). The molecule has 0 aromatic rings. The molecule has 0 radical (unpaired) electrons. The Balaban J connectivity index is 3.86. The Hall–Kier alpha value is -0.950. The van der Waals surface area contributed by atoms with E-state index in [9.17, 15) is 18.0 Å². The van der Waals surface area contributed by atoms with Crippen LogP contribution in [0.1, 0.15) is 46.5 Å². The predicted molar refractivity (Wildman–Crippen MR) is 83.4 cm³/mol. The second kappa shape index (κ2) is 9.89. The summed E-state index contributed by atoms with van der Waals surface area (Å²) in [4.78, 5) is 24.2. The molecular formula is C14H28N2O4S. The van der Waals surface area contributed by atoms with Gasteiger partial charge in [0.05, 0.1) is 5.75 Å². The van der Waals surface area contributed by atoms with Crippen LogP contribution in [0.3, 0.4) is 0 Å². The van der Waals surface area contributed by atoms with Crippen molar-refractivity contribution in [3.63, 3.8) is 0 Å². The highest BCUT2D eigenvalue weighted by Gasteiger charge is 2.16. The molecule has 124 valence electrons. The molecule has 7 heteroatoms. The van der Waals surface area contributed by atoms with Crippen LogP contribution in [0.25, 0.3) is 0 Å². The van der Waals surface area contributed by atoms with E-state index >= 15 is 0 Å². The van der Waals surface area contributed by atoms with Crippen LogP contribution in [-0.2, 0) is 19.6 Å². The third kappa shape index (κ3) is 11.4. The highest BCUT2D eigenvalue weighted by atomic mass is 32.2. The summed E-state index contributed by atoms with van der Waals surface area (Å²) in [6, 6.07) is 0. The van der Waals surface area contributed by atoms with E-state index in [-0.39, 0.29) is 17.5 Å². The van der Waals surface area contributed by atoms with Gasteiger partial charge in [-0.25, -0.2) is 8.42 Å². The maximum absolute atomic E-state index is 11.7. The molecule has 0 atom stereocenters. The normalized spacial score (nSPS) is 11.9. The van der Waals surface area contributed by atoms with E-state index in [1.807, 2.05) is 11.9 Å². The first-order valence-corrected chi connectivity index (χ1v) is 9.01. The Morgan fingerprint density at radius 1 is 1.10 bits per heavy atom. The van der Waals surface area contributed by atoms with Crippen molar-refractivity contribution in [1.82, 2.24) is 9.62 Å². The summed E-state index contributed by atoms with van der Waals surface area (Å²) in [5.74, 6) is -0.663. The fourth-order valence-electron chi connectivity index (χ4n) is 1.71. The highest BCUT2D eigenvalue weighted by Crippen LogP contribution is 2.00. The van der Waals surface area contributed by atoms with Crippen LogP contribution in [-0.4, -0.2) is 50.9 Å². The van der Waals surface area contributed by atoms with Crippen molar-refractivity contribution in [1.29, 1.82) is 0 Å². The minimum Gasteiger partial charge on any atom is -0.306 e. The van der Waals surface area contributed by atoms with E-state index in [0.717, 1.165) is 19.4 Å². The fraction of sp³-hybridized carbons (Fsp3) is 0.857. The average molecular weight is 320 g/mol. The van der Waals surface area contributed by atoms with Crippen LogP contribution >= 0.6 is 0 Å². The molecule has 0 aliphatic rings. The third-order valence-corrected chi connectivity index (χ3v) is 4.39. The quantitative estimate of drug-likeness (QED) is 0.578. The number of nitrogens with one attached hydrogen (secondary N) is 1. The Kier molecular flexibility index (Phi) is 9.44. The fourth-order valence-corrected chi connectivity index (χ4v) is 2.87. The van der Waals surface area contributed by atoms with Crippen LogP contribution in [0.5, 0.6) is 0 Å². The van der Waals surface area contributed by atoms with E-state index in [2.05, 4.69) is 4.72 Å². The lowest BCUT2D eigenvalue weighted by atomic mass is 10.2. The molecule has 0 unspecified atom stereocenters. The molecule has 21 heavy (non-hydrogen) atoms. The van der Waals surface area contributed by atoms with Crippen LogP contribution in [0.2, 0.25) is 0 Å². The Morgan fingerprint density at radius 2 is 1.67 bits per heavy atom. The Morgan fingerprint density at radius 3 is 2.19 bits per heavy atom. The number of unbranched alkanes of at least 4 members (excludes halogenated alkanes) is 1. The van der Waals surface area contributed by atoms with Gasteiger partial charge in [0.1, 0.15) is 5.78 Å². The predicted octanol–water partition coefficient (Wildman–Crippen LogP) is 1.17. The molecule has 0 heterocycles. The van der Waals surface area contributed by atoms with Crippen molar-refractivity contribution >= 4 is 21.7 Å². The molecule has 0 aliphatic heterocycles. The molecule has 0 bridgehead atoms. The van der Waals surface area contributed by atoms with Gasteiger partial charge in [0, 0.05) is 12.3 Å². The molecule has 0 aromatic carbocycles. The minimum absolute atomic E-state index is 0.0523. The molecule has 1 amide bonds. The van der Waals surface area contributed by atoms with Gasteiger partial charge >= 0.3 is 0 Å². The zero-order valence-corrected chi connectivity index (χ0v) is 14.3. The second-order valence-electron chi connectivity index (χ2n) is 5.76. The zero-order valence-electron chi connectivity index (χ0n) is 13.5. The van der Waals surface area contributed by atoms with Gasteiger partial charge in [-0.1, -0.05) is 13.8 Å². The first-order chi connectivity index (χ1) is 9.64. The zero-order chi connectivity index (χ0) is 16.5. The van der Waals surface area contributed by atoms with E-state index in [0.29, 0.717) is 19.4 Å². The average Bonchev–Trinajstić information content (AvgIpc) is 2.33. The van der Waals surface area contributed by atoms with Gasteiger partial charge in [-0.15, -0.1) is 0 Å². The largest absolute Gasteiger partial charge is 0.306 e. The molecular weight excluding hydrogens is 292 g/mol. The number of carbonyl (C=O) groups excluding carboxylic acids is 2. The van der Waals surface area contributed by atoms with Crippen molar-refractivity contribution < 1.29 is 18.0 Å². The van der Waals surface area contributed by atoms with Crippen molar-refractivity contribution in [2.24, 2.45) is 5.92 Å². The van der Waals surface area contributed by atoms with Gasteiger partial charge in [-0.05, 0) is 46.3 Å². The molecule has 6 nitrogen and oxygen atoms in total. The highest BCUT2D eigenvalue weighted by molar-refractivity contribution is 7.90. The summed E-state index contributed by atoms with van der Waals surface area (Å²) in [6.07, 6.45) is 2.86. The second-order valence-corrected chi connectivity index (χ2v) is 7.60. The first kappa shape index (κ1) is 20.1. The van der Waals surface area contributed by atoms with Crippen LogP contribution in [0, 0.1) is 5.92 Å².